The summed E-state index contributed by atoms with van der Waals surface area (Å²) < 4.78 is 1.70. The number of aromatic nitrogens is 2. The monoisotopic (exact) mass is 262 g/mol. The Morgan fingerprint density at radius 2 is 2.37 bits per heavy atom. The molecule has 0 aromatic carbocycles. The smallest absolute Gasteiger partial charge is 0.261 e. The van der Waals surface area contributed by atoms with Crippen LogP contribution >= 0.6 is 0 Å². The first-order chi connectivity index (χ1) is 9.04. The van der Waals surface area contributed by atoms with Crippen LogP contribution in [0.1, 0.15) is 44.0 Å². The molecule has 0 aliphatic heterocycles. The Bertz CT molecular complexity index is 490. The maximum atomic E-state index is 11.8. The summed E-state index contributed by atoms with van der Waals surface area (Å²) in [6.07, 6.45) is 4.44. The molecule has 1 aromatic rings. The maximum Gasteiger partial charge on any atom is 0.261 e. The van der Waals surface area contributed by atoms with Gasteiger partial charge in [-0.15, -0.1) is 0 Å². The molecule has 1 amide bonds. The van der Waals surface area contributed by atoms with Crippen LogP contribution in [0.25, 0.3) is 0 Å². The summed E-state index contributed by atoms with van der Waals surface area (Å²) >= 11 is 0. The number of nitrogens with zero attached hydrogens (tertiary/aromatic N) is 3. The van der Waals surface area contributed by atoms with E-state index in [0.29, 0.717) is 5.92 Å². The Balaban J connectivity index is 1.87. The van der Waals surface area contributed by atoms with Crippen molar-refractivity contribution >= 4 is 11.6 Å². The molecule has 104 valence electrons. The van der Waals surface area contributed by atoms with Gasteiger partial charge in [0, 0.05) is 11.4 Å². The predicted molar refractivity (Wildman–Crippen MR) is 74.9 cm³/mol. The fourth-order valence-electron chi connectivity index (χ4n) is 2.51. The average molecular weight is 262 g/mol. The average Bonchev–Trinajstić information content (AvgIpc) is 2.65. The third-order valence-corrected chi connectivity index (χ3v) is 3.48. The summed E-state index contributed by atoms with van der Waals surface area (Å²) in [6, 6.07) is 1.96. The van der Waals surface area contributed by atoms with Crippen LogP contribution in [0.3, 0.4) is 0 Å². The molecule has 1 saturated carbocycles. The van der Waals surface area contributed by atoms with Crippen molar-refractivity contribution in [3.63, 3.8) is 0 Å². The Labute approximate surface area is 114 Å². The van der Waals surface area contributed by atoms with Crippen LogP contribution in [0, 0.1) is 19.8 Å². The molecule has 1 aliphatic rings. The summed E-state index contributed by atoms with van der Waals surface area (Å²) in [7, 11) is 0. The van der Waals surface area contributed by atoms with Crippen LogP contribution in [0.2, 0.25) is 0 Å². The third kappa shape index (κ3) is 3.91. The van der Waals surface area contributed by atoms with E-state index in [-0.39, 0.29) is 12.5 Å². The zero-order valence-electron chi connectivity index (χ0n) is 11.9. The van der Waals surface area contributed by atoms with Crippen LogP contribution in [-0.2, 0) is 11.3 Å². The van der Waals surface area contributed by atoms with Gasteiger partial charge in [-0.3, -0.25) is 9.48 Å². The molecule has 1 aliphatic carbocycles. The second kappa shape index (κ2) is 5.99. The first-order valence-corrected chi connectivity index (χ1v) is 6.90. The van der Waals surface area contributed by atoms with E-state index in [1.165, 1.54) is 12.8 Å². The van der Waals surface area contributed by atoms with Gasteiger partial charge in [0.25, 0.3) is 5.91 Å². The van der Waals surface area contributed by atoms with Gasteiger partial charge < -0.3 is 0 Å². The van der Waals surface area contributed by atoms with E-state index in [2.05, 4.69) is 22.5 Å². The van der Waals surface area contributed by atoms with E-state index >= 15 is 0 Å². The first-order valence-electron chi connectivity index (χ1n) is 6.90. The highest BCUT2D eigenvalue weighted by Crippen LogP contribution is 2.20. The van der Waals surface area contributed by atoms with Crippen molar-refractivity contribution in [1.82, 2.24) is 15.2 Å². The molecule has 1 atom stereocenters. The minimum atomic E-state index is -0.114. The summed E-state index contributed by atoms with van der Waals surface area (Å²) in [6.45, 7) is 6.32. The van der Waals surface area contributed by atoms with Gasteiger partial charge in [-0.2, -0.15) is 10.2 Å². The van der Waals surface area contributed by atoms with Gasteiger partial charge in [-0.1, -0.05) is 6.92 Å². The normalized spacial score (nSPS) is 21.6. The van der Waals surface area contributed by atoms with Crippen LogP contribution in [-0.4, -0.2) is 21.4 Å². The van der Waals surface area contributed by atoms with Crippen LogP contribution < -0.4 is 5.43 Å². The molecule has 19 heavy (non-hydrogen) atoms. The van der Waals surface area contributed by atoms with Crippen molar-refractivity contribution in [2.24, 2.45) is 11.0 Å². The summed E-state index contributed by atoms with van der Waals surface area (Å²) in [5.41, 5.74) is 5.68. The SMILES string of the molecule is Cc1cc(C)n(CC(=O)N/N=C2\CCC[C@@H](C)C2)n1. The zero-order chi connectivity index (χ0) is 13.8. The molecule has 1 heterocycles. The molecule has 0 unspecified atom stereocenters. The number of rotatable bonds is 3. The highest BCUT2D eigenvalue weighted by Gasteiger charge is 2.14. The summed E-state index contributed by atoms with van der Waals surface area (Å²) in [4.78, 5) is 11.8. The Kier molecular flexibility index (Phi) is 4.35. The standard InChI is InChI=1S/C14H22N4O/c1-10-5-4-6-13(7-10)15-16-14(19)9-18-12(3)8-11(2)17-18/h8,10H,4-7,9H2,1-3H3,(H,16,19)/b15-13+/t10-/m1/s1. The fourth-order valence-corrected chi connectivity index (χ4v) is 2.51. The van der Waals surface area contributed by atoms with Gasteiger partial charge in [-0.05, 0) is 51.5 Å². The van der Waals surface area contributed by atoms with Gasteiger partial charge in [0.05, 0.1) is 5.69 Å². The fraction of sp³-hybridized carbons (Fsp3) is 0.643. The lowest BCUT2D eigenvalue weighted by molar-refractivity contribution is -0.121. The van der Waals surface area contributed by atoms with Gasteiger partial charge in [-0.25, -0.2) is 5.43 Å². The van der Waals surface area contributed by atoms with Crippen LogP contribution in [0.5, 0.6) is 0 Å². The molecule has 0 bridgehead atoms. The van der Waals surface area contributed by atoms with Gasteiger partial charge in [0.15, 0.2) is 0 Å². The topological polar surface area (TPSA) is 59.3 Å². The number of amides is 1. The lowest BCUT2D eigenvalue weighted by Crippen LogP contribution is -2.26. The van der Waals surface area contributed by atoms with Crippen molar-refractivity contribution in [3.8, 4) is 0 Å². The van der Waals surface area contributed by atoms with E-state index in [1.54, 1.807) is 4.68 Å². The first kappa shape index (κ1) is 13.8. The number of nitrogens with one attached hydrogen (secondary N) is 1. The second-order valence-corrected chi connectivity index (χ2v) is 5.50. The third-order valence-electron chi connectivity index (χ3n) is 3.48. The minimum Gasteiger partial charge on any atom is -0.271 e. The minimum absolute atomic E-state index is 0.114. The molecule has 0 spiro atoms. The maximum absolute atomic E-state index is 11.8. The molecule has 0 radical (unpaired) electrons. The van der Waals surface area contributed by atoms with Crippen LogP contribution in [0.15, 0.2) is 11.2 Å². The summed E-state index contributed by atoms with van der Waals surface area (Å²) in [5.74, 6) is 0.567. The van der Waals surface area contributed by atoms with Gasteiger partial charge in [0.2, 0.25) is 0 Å². The number of hydrazone groups is 1. The van der Waals surface area contributed by atoms with E-state index in [0.717, 1.165) is 29.9 Å². The van der Waals surface area contributed by atoms with Crippen molar-refractivity contribution in [2.75, 3.05) is 0 Å². The van der Waals surface area contributed by atoms with Gasteiger partial charge >= 0.3 is 0 Å². The second-order valence-electron chi connectivity index (χ2n) is 5.50. The number of carbonyl (C=O) groups is 1. The lowest BCUT2D eigenvalue weighted by atomic mass is 9.89. The van der Waals surface area contributed by atoms with Crippen LogP contribution in [0.4, 0.5) is 0 Å². The number of hydrogen-bond donors (Lipinski definition) is 1. The molecular weight excluding hydrogens is 240 g/mol. The largest absolute Gasteiger partial charge is 0.271 e. The summed E-state index contributed by atoms with van der Waals surface area (Å²) in [5, 5.41) is 8.51. The number of aryl methyl sites for hydroxylation is 2. The Morgan fingerprint density at radius 3 is 3.00 bits per heavy atom. The quantitative estimate of drug-likeness (QED) is 0.849. The highest BCUT2D eigenvalue weighted by molar-refractivity contribution is 5.87. The zero-order valence-corrected chi connectivity index (χ0v) is 11.9. The highest BCUT2D eigenvalue weighted by atomic mass is 16.2. The molecule has 1 aromatic heterocycles. The number of carbonyl (C=O) groups excluding carboxylic acids is 1. The van der Waals surface area contributed by atoms with E-state index in [1.807, 2.05) is 19.9 Å². The van der Waals surface area contributed by atoms with Crippen molar-refractivity contribution in [3.05, 3.63) is 17.5 Å². The molecule has 0 saturated heterocycles. The van der Waals surface area contributed by atoms with E-state index in [9.17, 15) is 4.79 Å². The predicted octanol–water partition coefficient (Wildman–Crippen LogP) is 2.18. The molecule has 1 N–H and O–H groups in total. The number of hydrogen-bond acceptors (Lipinski definition) is 3. The van der Waals surface area contributed by atoms with Crippen molar-refractivity contribution in [1.29, 1.82) is 0 Å². The van der Waals surface area contributed by atoms with Crippen molar-refractivity contribution < 1.29 is 4.79 Å². The lowest BCUT2D eigenvalue weighted by Gasteiger charge is -2.18. The molecule has 5 heteroatoms. The van der Waals surface area contributed by atoms with Crippen molar-refractivity contribution in [2.45, 2.75) is 53.0 Å². The van der Waals surface area contributed by atoms with Gasteiger partial charge in [0.1, 0.15) is 6.54 Å². The molecule has 5 nitrogen and oxygen atoms in total. The van der Waals surface area contributed by atoms with E-state index in [4.69, 9.17) is 0 Å². The molecular formula is C14H22N4O. The van der Waals surface area contributed by atoms with E-state index < -0.39 is 0 Å². The Morgan fingerprint density at radius 1 is 1.58 bits per heavy atom. The molecule has 1 fully saturated rings. The molecule has 2 rings (SSSR count). The Hall–Kier alpha value is -1.65.